The average molecular weight is 704 g/mol. The molecule has 1 nitrogen and oxygen atoms in total. The molecule has 0 spiro atoms. The summed E-state index contributed by atoms with van der Waals surface area (Å²) in [6.07, 6.45) is 14.2. The van der Waals surface area contributed by atoms with E-state index in [1.165, 1.54) is 131 Å². The molecule has 0 aromatic heterocycles. The Morgan fingerprint density at radius 1 is 0.500 bits per heavy atom. The molecular formula is C53H53N. The Hall–Kier alpha value is -4.62. The molecule has 6 aliphatic carbocycles. The normalized spacial score (nSPS) is 25.1. The summed E-state index contributed by atoms with van der Waals surface area (Å²) in [7, 11) is 0. The molecule has 0 saturated heterocycles. The van der Waals surface area contributed by atoms with Crippen molar-refractivity contribution in [2.45, 2.75) is 95.3 Å². The third-order valence-corrected chi connectivity index (χ3v) is 15.0. The Kier molecular flexibility index (Phi) is 7.73. The smallest absolute Gasteiger partial charge is 0.0465 e. The van der Waals surface area contributed by atoms with Crippen LogP contribution >= 0.6 is 0 Å². The summed E-state index contributed by atoms with van der Waals surface area (Å²) < 4.78 is 0. The van der Waals surface area contributed by atoms with Gasteiger partial charge in [0.15, 0.2) is 0 Å². The summed E-state index contributed by atoms with van der Waals surface area (Å²) in [5.74, 6) is 5.28. The minimum absolute atomic E-state index is 0.124. The molecule has 0 radical (unpaired) electrons. The van der Waals surface area contributed by atoms with Crippen LogP contribution in [0.4, 0.5) is 17.1 Å². The Bertz CT molecular complexity index is 2320. The summed E-state index contributed by atoms with van der Waals surface area (Å²) in [4.78, 5) is 2.53. The third kappa shape index (κ3) is 5.32. The molecule has 0 aliphatic heterocycles. The standard InChI is InChI=1S/C53H53N/c1-53(2)50-32-40(47-14-8-12-38-11-6-7-13-46(38)47)19-25-48(50)49-26-24-45(33-51(49)53)54(43-20-15-37(16-21-43)36-9-4-3-5-10-36)44-22-17-39(18-23-44)52-41-28-34-27-35(30-41)31-42(52)29-34/h6-8,11-26,32-36,41-42,52H,3-5,9-10,27-31H2,1-2H3. The second-order valence-electron chi connectivity index (χ2n) is 18.5. The van der Waals surface area contributed by atoms with E-state index in [1.54, 1.807) is 5.56 Å². The van der Waals surface area contributed by atoms with Gasteiger partial charge in [-0.15, -0.1) is 0 Å². The lowest BCUT2D eigenvalue weighted by molar-refractivity contribution is -0.00277. The van der Waals surface area contributed by atoms with Gasteiger partial charge in [-0.2, -0.15) is 0 Å². The minimum Gasteiger partial charge on any atom is -0.310 e. The molecule has 5 saturated carbocycles. The lowest BCUT2D eigenvalue weighted by Gasteiger charge is -2.54. The van der Waals surface area contributed by atoms with Gasteiger partial charge in [-0.3, -0.25) is 0 Å². The van der Waals surface area contributed by atoms with Crippen molar-refractivity contribution in [3.63, 3.8) is 0 Å². The number of anilines is 3. The Morgan fingerprint density at radius 3 is 1.80 bits per heavy atom. The molecule has 270 valence electrons. The molecule has 6 aromatic carbocycles. The summed E-state index contributed by atoms with van der Waals surface area (Å²) >= 11 is 0. The predicted octanol–water partition coefficient (Wildman–Crippen LogP) is 14.9. The molecule has 54 heavy (non-hydrogen) atoms. The van der Waals surface area contributed by atoms with Gasteiger partial charge in [0.2, 0.25) is 0 Å². The van der Waals surface area contributed by atoms with Crippen LogP contribution in [0.2, 0.25) is 0 Å². The lowest BCUT2D eigenvalue weighted by Crippen LogP contribution is -2.43. The molecule has 6 aromatic rings. The van der Waals surface area contributed by atoms with Crippen molar-refractivity contribution in [2.24, 2.45) is 23.7 Å². The average Bonchev–Trinajstić information content (AvgIpc) is 3.43. The highest BCUT2D eigenvalue weighted by molar-refractivity contribution is 5.98. The molecule has 4 bridgehead atoms. The van der Waals surface area contributed by atoms with Crippen molar-refractivity contribution < 1.29 is 0 Å². The molecule has 0 N–H and O–H groups in total. The van der Waals surface area contributed by atoms with Gasteiger partial charge in [0.05, 0.1) is 0 Å². The van der Waals surface area contributed by atoms with Crippen LogP contribution in [0, 0.1) is 23.7 Å². The van der Waals surface area contributed by atoms with E-state index in [9.17, 15) is 0 Å². The van der Waals surface area contributed by atoms with E-state index in [4.69, 9.17) is 0 Å². The highest BCUT2D eigenvalue weighted by atomic mass is 15.1. The first-order valence-corrected chi connectivity index (χ1v) is 21.3. The largest absolute Gasteiger partial charge is 0.310 e. The second kappa shape index (κ2) is 12.7. The van der Waals surface area contributed by atoms with Gasteiger partial charge in [-0.25, -0.2) is 0 Å². The van der Waals surface area contributed by atoms with Gasteiger partial charge in [0.25, 0.3) is 0 Å². The second-order valence-corrected chi connectivity index (χ2v) is 18.5. The highest BCUT2D eigenvalue weighted by Gasteiger charge is 2.48. The van der Waals surface area contributed by atoms with Gasteiger partial charge in [-0.05, 0) is 178 Å². The van der Waals surface area contributed by atoms with Crippen LogP contribution < -0.4 is 4.90 Å². The van der Waals surface area contributed by atoms with Crippen LogP contribution in [0.25, 0.3) is 33.0 Å². The molecule has 0 amide bonds. The minimum atomic E-state index is -0.124. The van der Waals surface area contributed by atoms with Gasteiger partial charge < -0.3 is 4.90 Å². The van der Waals surface area contributed by atoms with Crippen molar-refractivity contribution in [2.75, 3.05) is 4.90 Å². The fraction of sp³-hybridized carbons (Fsp3) is 0.358. The van der Waals surface area contributed by atoms with E-state index < -0.39 is 0 Å². The fourth-order valence-corrected chi connectivity index (χ4v) is 12.6. The number of hydrogen-bond acceptors (Lipinski definition) is 1. The van der Waals surface area contributed by atoms with Crippen molar-refractivity contribution in [1.29, 1.82) is 0 Å². The van der Waals surface area contributed by atoms with E-state index in [2.05, 4.69) is 146 Å². The maximum atomic E-state index is 2.53. The third-order valence-electron chi connectivity index (χ3n) is 15.0. The summed E-state index contributed by atoms with van der Waals surface area (Å²) in [5, 5.41) is 2.61. The molecular weight excluding hydrogens is 651 g/mol. The first-order chi connectivity index (χ1) is 26.5. The van der Waals surface area contributed by atoms with Gasteiger partial charge in [0.1, 0.15) is 0 Å². The number of hydrogen-bond donors (Lipinski definition) is 0. The first-order valence-electron chi connectivity index (χ1n) is 21.3. The van der Waals surface area contributed by atoms with Crippen LogP contribution in [-0.4, -0.2) is 0 Å². The van der Waals surface area contributed by atoms with Crippen LogP contribution in [0.5, 0.6) is 0 Å². The van der Waals surface area contributed by atoms with Gasteiger partial charge in [0, 0.05) is 22.5 Å². The molecule has 0 unspecified atom stereocenters. The zero-order chi connectivity index (χ0) is 36.0. The van der Waals surface area contributed by atoms with Crippen molar-refractivity contribution in [3.8, 4) is 22.3 Å². The van der Waals surface area contributed by atoms with E-state index in [-0.39, 0.29) is 5.41 Å². The quantitative estimate of drug-likeness (QED) is 0.167. The zero-order valence-corrected chi connectivity index (χ0v) is 32.1. The van der Waals surface area contributed by atoms with Crippen molar-refractivity contribution in [1.82, 2.24) is 0 Å². The molecule has 1 heteroatoms. The number of fused-ring (bicyclic) bond motifs is 4. The monoisotopic (exact) mass is 703 g/mol. The molecule has 12 rings (SSSR count). The van der Waals surface area contributed by atoms with E-state index in [0.29, 0.717) is 5.92 Å². The summed E-state index contributed by atoms with van der Waals surface area (Å²) in [6, 6.07) is 49.5. The molecule has 0 atom stereocenters. The first kappa shape index (κ1) is 32.8. The van der Waals surface area contributed by atoms with Crippen molar-refractivity contribution in [3.05, 3.63) is 150 Å². The molecule has 6 aliphatic rings. The Morgan fingerprint density at radius 2 is 1.09 bits per heavy atom. The van der Waals surface area contributed by atoms with Crippen LogP contribution in [0.15, 0.2) is 127 Å². The zero-order valence-electron chi connectivity index (χ0n) is 32.1. The fourth-order valence-electron chi connectivity index (χ4n) is 12.6. The number of nitrogens with zero attached hydrogens (tertiary/aromatic N) is 1. The van der Waals surface area contributed by atoms with Gasteiger partial charge >= 0.3 is 0 Å². The van der Waals surface area contributed by atoms with Crippen LogP contribution in [0.1, 0.15) is 112 Å². The number of rotatable bonds is 6. The maximum absolute atomic E-state index is 2.53. The van der Waals surface area contributed by atoms with E-state index in [1.807, 2.05) is 0 Å². The SMILES string of the molecule is CC1(C)c2cc(-c3cccc4ccccc34)ccc2-c2ccc(N(c3ccc(C4CCCCC4)cc3)c3ccc(C4C5CC6CC(C5)CC4C6)cc3)cc21. The van der Waals surface area contributed by atoms with Crippen molar-refractivity contribution >= 4 is 27.8 Å². The van der Waals surface area contributed by atoms with Gasteiger partial charge in [-0.1, -0.05) is 118 Å². The lowest BCUT2D eigenvalue weighted by atomic mass is 9.51. The highest BCUT2D eigenvalue weighted by Crippen LogP contribution is 2.60. The number of benzene rings is 6. The van der Waals surface area contributed by atoms with Crippen LogP contribution in [-0.2, 0) is 5.41 Å². The Balaban J connectivity index is 0.970. The van der Waals surface area contributed by atoms with E-state index in [0.717, 1.165) is 29.6 Å². The van der Waals surface area contributed by atoms with Crippen LogP contribution in [0.3, 0.4) is 0 Å². The topological polar surface area (TPSA) is 3.24 Å². The molecule has 5 fully saturated rings. The molecule has 0 heterocycles. The summed E-state index contributed by atoms with van der Waals surface area (Å²) in [5.41, 5.74) is 14.9. The predicted molar refractivity (Wildman–Crippen MR) is 227 cm³/mol. The maximum Gasteiger partial charge on any atom is 0.0465 e. The summed E-state index contributed by atoms with van der Waals surface area (Å²) in [6.45, 7) is 4.86. The van der Waals surface area contributed by atoms with E-state index >= 15 is 0 Å². The Labute approximate surface area is 322 Å².